The van der Waals surface area contributed by atoms with Crippen molar-refractivity contribution >= 4 is 28.5 Å². The molecule has 1 atom stereocenters. The predicted octanol–water partition coefficient (Wildman–Crippen LogP) is 2.14. The highest BCUT2D eigenvalue weighted by molar-refractivity contribution is 14.1. The molecule has 0 bridgehead atoms. The lowest BCUT2D eigenvalue weighted by atomic mass is 10.1. The molecule has 0 spiro atoms. The van der Waals surface area contributed by atoms with E-state index in [0.717, 1.165) is 4.43 Å². The molecule has 0 aliphatic heterocycles. The highest BCUT2D eigenvalue weighted by Crippen LogP contribution is 2.07. The van der Waals surface area contributed by atoms with E-state index in [9.17, 15) is 4.79 Å². The summed E-state index contributed by atoms with van der Waals surface area (Å²) in [7, 11) is 0. The van der Waals surface area contributed by atoms with Crippen LogP contribution in [0.1, 0.15) is 29.9 Å². The molecular weight excluding hydrogens is 329 g/mol. The van der Waals surface area contributed by atoms with Crippen molar-refractivity contribution in [1.29, 1.82) is 5.26 Å². The van der Waals surface area contributed by atoms with E-state index in [1.807, 2.05) is 6.07 Å². The Morgan fingerprint density at radius 1 is 1.59 bits per heavy atom. The minimum Gasteiger partial charge on any atom is -0.347 e. The Hall–Kier alpha value is -1.16. The molecule has 1 rings (SSSR count). The van der Waals surface area contributed by atoms with Crippen LogP contribution < -0.4 is 5.32 Å². The summed E-state index contributed by atoms with van der Waals surface area (Å²) in [6, 6.07) is 5.27. The van der Waals surface area contributed by atoms with Gasteiger partial charge in [0.15, 0.2) is 0 Å². The first-order chi connectivity index (χ1) is 8.08. The van der Waals surface area contributed by atoms with Crippen LogP contribution in [0.25, 0.3) is 0 Å². The summed E-state index contributed by atoms with van der Waals surface area (Å²) in [4.78, 5) is 15.8. The second kappa shape index (κ2) is 6.55. The third kappa shape index (κ3) is 3.97. The molecule has 17 heavy (non-hydrogen) atoms. The number of nitrogens with one attached hydrogen (secondary N) is 1. The van der Waals surface area contributed by atoms with Crippen molar-refractivity contribution in [2.75, 3.05) is 4.43 Å². The van der Waals surface area contributed by atoms with E-state index in [2.05, 4.69) is 46.7 Å². The Morgan fingerprint density at radius 3 is 2.71 bits per heavy atom. The molecule has 1 unspecified atom stereocenters. The summed E-state index contributed by atoms with van der Waals surface area (Å²) in [5.74, 6) is 0.194. The predicted molar refractivity (Wildman–Crippen MR) is 73.9 cm³/mol. The van der Waals surface area contributed by atoms with Gasteiger partial charge in [-0.1, -0.05) is 36.4 Å². The Bertz CT molecular complexity index is 422. The largest absolute Gasteiger partial charge is 0.347 e. The lowest BCUT2D eigenvalue weighted by Crippen LogP contribution is -2.40. The molecule has 1 aromatic heterocycles. The van der Waals surface area contributed by atoms with E-state index in [4.69, 9.17) is 5.26 Å². The summed E-state index contributed by atoms with van der Waals surface area (Å²) >= 11 is 2.25. The maximum absolute atomic E-state index is 11.9. The number of nitriles is 1. The smallest absolute Gasteiger partial charge is 0.270 e. The van der Waals surface area contributed by atoms with E-state index in [0.29, 0.717) is 17.2 Å². The second-order valence-corrected chi connectivity index (χ2v) is 4.90. The number of pyridine rings is 1. The van der Waals surface area contributed by atoms with Gasteiger partial charge in [-0.25, -0.2) is 4.98 Å². The molecule has 0 saturated heterocycles. The molecule has 1 N–H and O–H groups in total. The van der Waals surface area contributed by atoms with Gasteiger partial charge in [-0.3, -0.25) is 4.79 Å². The van der Waals surface area contributed by atoms with Crippen molar-refractivity contribution in [3.8, 4) is 6.07 Å². The summed E-state index contributed by atoms with van der Waals surface area (Å²) in [6.45, 7) is 4.13. The van der Waals surface area contributed by atoms with E-state index >= 15 is 0 Å². The minimum atomic E-state index is -0.190. The zero-order valence-corrected chi connectivity index (χ0v) is 11.9. The topological polar surface area (TPSA) is 65.8 Å². The molecule has 5 heteroatoms. The standard InChI is InChI=1S/C12H14IN3O/c1-8(2)11(5-13)16-12(17)10-4-3-9(6-14)7-15-10/h3-4,7-8,11H,5H2,1-2H3,(H,16,17). The van der Waals surface area contributed by atoms with Gasteiger partial charge in [-0.05, 0) is 18.1 Å². The number of carbonyl (C=O) groups is 1. The second-order valence-electron chi connectivity index (χ2n) is 4.02. The first-order valence-electron chi connectivity index (χ1n) is 5.31. The summed E-state index contributed by atoms with van der Waals surface area (Å²) in [5, 5.41) is 11.6. The van der Waals surface area contributed by atoms with Crippen LogP contribution in [0.4, 0.5) is 0 Å². The third-order valence-corrected chi connectivity index (χ3v) is 3.36. The van der Waals surface area contributed by atoms with Gasteiger partial charge in [0.05, 0.1) is 5.56 Å². The fraction of sp³-hybridized carbons (Fsp3) is 0.417. The van der Waals surface area contributed by atoms with Crippen molar-refractivity contribution in [3.05, 3.63) is 29.6 Å². The van der Waals surface area contributed by atoms with Gasteiger partial charge in [0, 0.05) is 16.7 Å². The quantitative estimate of drug-likeness (QED) is 0.673. The molecule has 0 aromatic carbocycles. The maximum atomic E-state index is 11.9. The van der Waals surface area contributed by atoms with Gasteiger partial charge in [0.2, 0.25) is 0 Å². The highest BCUT2D eigenvalue weighted by Gasteiger charge is 2.16. The number of amides is 1. The van der Waals surface area contributed by atoms with Gasteiger partial charge >= 0.3 is 0 Å². The van der Waals surface area contributed by atoms with E-state index < -0.39 is 0 Å². The zero-order chi connectivity index (χ0) is 12.8. The molecule has 0 aliphatic carbocycles. The minimum absolute atomic E-state index is 0.139. The number of halogens is 1. The lowest BCUT2D eigenvalue weighted by Gasteiger charge is -2.19. The maximum Gasteiger partial charge on any atom is 0.270 e. The Kier molecular flexibility index (Phi) is 5.35. The van der Waals surface area contributed by atoms with Crippen LogP contribution in [0, 0.1) is 17.2 Å². The van der Waals surface area contributed by atoms with Crippen LogP contribution in [-0.4, -0.2) is 21.4 Å². The van der Waals surface area contributed by atoms with Gasteiger partial charge in [0.25, 0.3) is 5.91 Å². The molecule has 0 radical (unpaired) electrons. The molecule has 4 nitrogen and oxygen atoms in total. The molecule has 0 saturated carbocycles. The summed E-state index contributed by atoms with van der Waals surface area (Å²) in [6.07, 6.45) is 1.41. The fourth-order valence-corrected chi connectivity index (χ4v) is 2.46. The average Bonchev–Trinajstić information content (AvgIpc) is 2.35. The van der Waals surface area contributed by atoms with Gasteiger partial charge in [0.1, 0.15) is 11.8 Å². The van der Waals surface area contributed by atoms with Crippen LogP contribution in [0.3, 0.4) is 0 Å². The van der Waals surface area contributed by atoms with Gasteiger partial charge < -0.3 is 5.32 Å². The van der Waals surface area contributed by atoms with Crippen LogP contribution in [-0.2, 0) is 0 Å². The van der Waals surface area contributed by atoms with E-state index in [1.54, 1.807) is 12.1 Å². The van der Waals surface area contributed by atoms with Crippen molar-refractivity contribution in [2.45, 2.75) is 19.9 Å². The lowest BCUT2D eigenvalue weighted by molar-refractivity contribution is 0.0927. The van der Waals surface area contributed by atoms with Crippen molar-refractivity contribution < 1.29 is 4.79 Å². The van der Waals surface area contributed by atoms with Crippen molar-refractivity contribution in [1.82, 2.24) is 10.3 Å². The van der Waals surface area contributed by atoms with E-state index in [-0.39, 0.29) is 11.9 Å². The number of rotatable bonds is 4. The van der Waals surface area contributed by atoms with E-state index in [1.165, 1.54) is 6.20 Å². The number of aromatic nitrogens is 1. The van der Waals surface area contributed by atoms with Gasteiger partial charge in [-0.2, -0.15) is 5.26 Å². The normalized spacial score (nSPS) is 11.9. The molecule has 90 valence electrons. The Balaban J connectivity index is 2.73. The molecule has 1 aromatic rings. The van der Waals surface area contributed by atoms with Crippen molar-refractivity contribution in [2.24, 2.45) is 5.92 Å². The molecular formula is C12H14IN3O. The monoisotopic (exact) mass is 343 g/mol. The van der Waals surface area contributed by atoms with Crippen molar-refractivity contribution in [3.63, 3.8) is 0 Å². The number of nitrogens with zero attached hydrogens (tertiary/aromatic N) is 2. The molecule has 1 amide bonds. The van der Waals surface area contributed by atoms with Crippen LogP contribution in [0.15, 0.2) is 18.3 Å². The number of hydrogen-bond donors (Lipinski definition) is 1. The molecule has 1 heterocycles. The highest BCUT2D eigenvalue weighted by atomic mass is 127. The average molecular weight is 343 g/mol. The first kappa shape index (κ1) is 13.9. The SMILES string of the molecule is CC(C)C(CI)NC(=O)c1ccc(C#N)cn1. The zero-order valence-electron chi connectivity index (χ0n) is 9.77. The number of hydrogen-bond acceptors (Lipinski definition) is 3. The first-order valence-corrected chi connectivity index (χ1v) is 6.84. The Morgan fingerprint density at radius 2 is 2.29 bits per heavy atom. The number of alkyl halides is 1. The Labute approximate surface area is 115 Å². The van der Waals surface area contributed by atoms with Crippen LogP contribution in [0.2, 0.25) is 0 Å². The number of carbonyl (C=O) groups excluding carboxylic acids is 1. The molecule has 0 fully saturated rings. The summed E-state index contributed by atoms with van der Waals surface area (Å²) in [5.41, 5.74) is 0.801. The summed E-state index contributed by atoms with van der Waals surface area (Å²) < 4.78 is 0.859. The van der Waals surface area contributed by atoms with Crippen LogP contribution >= 0.6 is 22.6 Å². The molecule has 0 aliphatic rings. The third-order valence-electron chi connectivity index (χ3n) is 2.41. The fourth-order valence-electron chi connectivity index (χ4n) is 1.22. The van der Waals surface area contributed by atoms with Gasteiger partial charge in [-0.15, -0.1) is 0 Å². The van der Waals surface area contributed by atoms with Crippen LogP contribution in [0.5, 0.6) is 0 Å².